The number of hydrogen-bond donors (Lipinski definition) is 4. The minimum atomic E-state index is -1.88. The van der Waals surface area contributed by atoms with Crippen LogP contribution in [0.4, 0.5) is 10.5 Å². The summed E-state index contributed by atoms with van der Waals surface area (Å²) in [5.41, 5.74) is 5.46. The molecule has 0 saturated heterocycles. The highest BCUT2D eigenvalue weighted by molar-refractivity contribution is 6.60. The van der Waals surface area contributed by atoms with E-state index in [-0.39, 0.29) is 34.8 Å². The van der Waals surface area contributed by atoms with Crippen LogP contribution in [-0.2, 0) is 4.74 Å². The van der Waals surface area contributed by atoms with Crippen molar-refractivity contribution in [1.82, 2.24) is 0 Å². The molecule has 0 spiro atoms. The number of ether oxygens (including phenoxy) is 1. The second-order valence-corrected chi connectivity index (χ2v) is 8.17. The number of benzene rings is 3. The summed E-state index contributed by atoms with van der Waals surface area (Å²) in [6.45, 7) is 4.77. The van der Waals surface area contributed by atoms with Crippen LogP contribution in [0.5, 0.6) is 0 Å². The Morgan fingerprint density at radius 1 is 0.909 bits per heavy atom. The van der Waals surface area contributed by atoms with Gasteiger partial charge in [0, 0.05) is 5.92 Å². The molecule has 0 radical (unpaired) electrons. The first kappa shape index (κ1) is 22.6. The summed E-state index contributed by atoms with van der Waals surface area (Å²) in [5, 5.41) is 31.8. The van der Waals surface area contributed by atoms with Gasteiger partial charge in [-0.25, -0.2) is 9.59 Å². The van der Waals surface area contributed by atoms with E-state index < -0.39 is 19.2 Å². The van der Waals surface area contributed by atoms with E-state index in [9.17, 15) is 24.7 Å². The zero-order chi connectivity index (χ0) is 23.9. The second kappa shape index (κ2) is 8.73. The van der Waals surface area contributed by atoms with E-state index in [0.29, 0.717) is 11.1 Å². The minimum absolute atomic E-state index is 0.0481. The monoisotopic (exact) mass is 445 g/mol. The van der Waals surface area contributed by atoms with E-state index in [1.807, 2.05) is 48.5 Å². The SMILES string of the molecule is Cc1c(NC(=O)OCC2c3ccccc3-c3ccccc32)c(C)c(C(=O)O)c(C)c1B(O)O. The van der Waals surface area contributed by atoms with E-state index in [0.717, 1.165) is 22.3 Å². The molecular formula is C25H24BNO6. The molecule has 4 rings (SSSR count). The maximum absolute atomic E-state index is 12.7. The Morgan fingerprint density at radius 2 is 1.45 bits per heavy atom. The zero-order valence-corrected chi connectivity index (χ0v) is 18.5. The van der Waals surface area contributed by atoms with Crippen LogP contribution in [0.2, 0.25) is 0 Å². The van der Waals surface area contributed by atoms with Gasteiger partial charge in [-0.1, -0.05) is 48.5 Å². The fourth-order valence-corrected chi connectivity index (χ4v) is 4.87. The van der Waals surface area contributed by atoms with E-state index in [4.69, 9.17) is 4.74 Å². The normalized spacial score (nSPS) is 12.2. The summed E-state index contributed by atoms with van der Waals surface area (Å²) in [6, 6.07) is 16.0. The topological polar surface area (TPSA) is 116 Å². The van der Waals surface area contributed by atoms with Gasteiger partial charge in [0.25, 0.3) is 0 Å². The second-order valence-electron chi connectivity index (χ2n) is 8.17. The molecule has 33 heavy (non-hydrogen) atoms. The Balaban J connectivity index is 1.60. The van der Waals surface area contributed by atoms with E-state index >= 15 is 0 Å². The smallest absolute Gasteiger partial charge is 0.478 e. The number of aromatic carboxylic acids is 1. The number of amides is 1. The van der Waals surface area contributed by atoms with Crippen molar-refractivity contribution in [3.8, 4) is 11.1 Å². The molecule has 0 heterocycles. The summed E-state index contributed by atoms with van der Waals surface area (Å²) in [4.78, 5) is 24.5. The molecule has 7 nitrogen and oxygen atoms in total. The Bertz CT molecular complexity index is 1220. The van der Waals surface area contributed by atoms with Crippen molar-refractivity contribution >= 4 is 30.3 Å². The summed E-state index contributed by atoms with van der Waals surface area (Å²) in [7, 11) is -1.88. The van der Waals surface area contributed by atoms with Gasteiger partial charge < -0.3 is 19.9 Å². The highest BCUT2D eigenvalue weighted by Crippen LogP contribution is 2.44. The van der Waals surface area contributed by atoms with Crippen molar-refractivity contribution in [3.05, 3.63) is 81.9 Å². The molecule has 0 aromatic heterocycles. The number of rotatable bonds is 5. The molecule has 168 valence electrons. The van der Waals surface area contributed by atoms with Crippen molar-refractivity contribution in [2.45, 2.75) is 26.7 Å². The fraction of sp³-hybridized carbons (Fsp3) is 0.200. The molecule has 0 fully saturated rings. The summed E-state index contributed by atoms with van der Waals surface area (Å²) in [5.74, 6) is -1.34. The molecule has 1 aliphatic carbocycles. The van der Waals surface area contributed by atoms with Crippen LogP contribution in [-0.4, -0.2) is 40.9 Å². The lowest BCUT2D eigenvalue weighted by Crippen LogP contribution is -2.37. The van der Waals surface area contributed by atoms with Crippen molar-refractivity contribution in [2.75, 3.05) is 11.9 Å². The number of carboxylic acids is 1. The Hall–Kier alpha value is -3.62. The summed E-state index contributed by atoms with van der Waals surface area (Å²) >= 11 is 0. The van der Waals surface area contributed by atoms with Crippen molar-refractivity contribution < 1.29 is 29.5 Å². The van der Waals surface area contributed by atoms with E-state index in [1.165, 1.54) is 6.92 Å². The van der Waals surface area contributed by atoms with Gasteiger partial charge in [0.15, 0.2) is 0 Å². The van der Waals surface area contributed by atoms with Crippen molar-refractivity contribution in [2.24, 2.45) is 0 Å². The average Bonchev–Trinajstić information content (AvgIpc) is 3.08. The predicted octanol–water partition coefficient (Wildman–Crippen LogP) is 3.35. The number of carboxylic acid groups (broad SMARTS) is 1. The molecule has 0 unspecified atom stereocenters. The zero-order valence-electron chi connectivity index (χ0n) is 18.5. The molecule has 4 N–H and O–H groups in total. The molecular weight excluding hydrogens is 421 g/mol. The molecule has 0 atom stereocenters. The van der Waals surface area contributed by atoms with Gasteiger partial charge in [-0.05, 0) is 65.2 Å². The third-order valence-electron chi connectivity index (χ3n) is 6.35. The summed E-state index contributed by atoms with van der Waals surface area (Å²) < 4.78 is 5.56. The van der Waals surface area contributed by atoms with Gasteiger partial charge in [-0.2, -0.15) is 0 Å². The molecule has 0 bridgehead atoms. The summed E-state index contributed by atoms with van der Waals surface area (Å²) in [6.07, 6.45) is -0.748. The van der Waals surface area contributed by atoms with Crippen LogP contribution >= 0.6 is 0 Å². The third-order valence-corrected chi connectivity index (χ3v) is 6.35. The van der Waals surface area contributed by atoms with Gasteiger partial charge in [-0.15, -0.1) is 0 Å². The van der Waals surface area contributed by atoms with Crippen molar-refractivity contribution in [3.63, 3.8) is 0 Å². The predicted molar refractivity (Wildman–Crippen MR) is 126 cm³/mol. The Kier molecular flexibility index (Phi) is 5.97. The van der Waals surface area contributed by atoms with E-state index in [1.54, 1.807) is 13.8 Å². The maximum atomic E-state index is 12.7. The van der Waals surface area contributed by atoms with Gasteiger partial charge in [0.2, 0.25) is 0 Å². The third kappa shape index (κ3) is 3.88. The molecule has 0 aliphatic heterocycles. The molecule has 1 amide bonds. The molecule has 8 heteroatoms. The van der Waals surface area contributed by atoms with Crippen molar-refractivity contribution in [1.29, 1.82) is 0 Å². The number of nitrogens with one attached hydrogen (secondary N) is 1. The van der Waals surface area contributed by atoms with Crippen LogP contribution in [0.1, 0.15) is 44.1 Å². The molecule has 3 aromatic rings. The molecule has 1 aliphatic rings. The first-order valence-electron chi connectivity index (χ1n) is 10.6. The fourth-order valence-electron chi connectivity index (χ4n) is 4.87. The van der Waals surface area contributed by atoms with Gasteiger partial charge in [-0.3, -0.25) is 5.32 Å². The van der Waals surface area contributed by atoms with Crippen LogP contribution < -0.4 is 10.8 Å². The number of carbonyl (C=O) groups excluding carboxylic acids is 1. The highest BCUT2D eigenvalue weighted by Gasteiger charge is 2.30. The average molecular weight is 445 g/mol. The largest absolute Gasteiger partial charge is 0.489 e. The lowest BCUT2D eigenvalue weighted by Gasteiger charge is -2.21. The van der Waals surface area contributed by atoms with Gasteiger partial charge in [0.1, 0.15) is 6.61 Å². The lowest BCUT2D eigenvalue weighted by molar-refractivity contribution is 0.0695. The van der Waals surface area contributed by atoms with Crippen LogP contribution in [0.3, 0.4) is 0 Å². The van der Waals surface area contributed by atoms with Crippen LogP contribution in [0.25, 0.3) is 11.1 Å². The van der Waals surface area contributed by atoms with Crippen LogP contribution in [0.15, 0.2) is 48.5 Å². The standard InChI is InChI=1S/C25H24BNO6/c1-13-21(24(28)29)14(2)23(15(3)22(13)26(31)32)27-25(30)33-12-20-18-10-6-4-8-16(18)17-9-5-7-11-19(17)20/h4-11,20,31-32H,12H2,1-3H3,(H,27,30)(H,28,29). The number of anilines is 1. The minimum Gasteiger partial charge on any atom is -0.478 e. The number of hydrogen-bond acceptors (Lipinski definition) is 5. The number of fused-ring (bicyclic) bond motifs is 3. The molecule has 0 saturated carbocycles. The first-order valence-corrected chi connectivity index (χ1v) is 10.6. The Labute approximate surface area is 191 Å². The Morgan fingerprint density at radius 3 is 1.97 bits per heavy atom. The first-order chi connectivity index (χ1) is 15.7. The van der Waals surface area contributed by atoms with E-state index in [2.05, 4.69) is 5.32 Å². The quantitative estimate of drug-likeness (QED) is 0.448. The maximum Gasteiger partial charge on any atom is 0.489 e. The van der Waals surface area contributed by atoms with Gasteiger partial charge in [0.05, 0.1) is 11.3 Å². The molecule has 3 aromatic carbocycles. The van der Waals surface area contributed by atoms with Gasteiger partial charge >= 0.3 is 19.2 Å². The van der Waals surface area contributed by atoms with Crippen LogP contribution in [0, 0.1) is 20.8 Å². The lowest BCUT2D eigenvalue weighted by atomic mass is 9.71. The highest BCUT2D eigenvalue weighted by atomic mass is 16.5. The number of carbonyl (C=O) groups is 2.